The van der Waals surface area contributed by atoms with Crippen LogP contribution in [0.1, 0.15) is 35.2 Å². The minimum Gasteiger partial charge on any atom is -0.337 e. The molecule has 3 amide bonds. The first kappa shape index (κ1) is 21.1. The summed E-state index contributed by atoms with van der Waals surface area (Å²) >= 11 is 0. The van der Waals surface area contributed by atoms with Crippen LogP contribution in [0.15, 0.2) is 48.5 Å². The predicted octanol–water partition coefficient (Wildman–Crippen LogP) is 4.03. The van der Waals surface area contributed by atoms with Crippen LogP contribution < -0.4 is 16.0 Å². The summed E-state index contributed by atoms with van der Waals surface area (Å²) in [5.74, 6) is 0.0286. The summed E-state index contributed by atoms with van der Waals surface area (Å²) in [6.07, 6.45) is 3.34. The smallest absolute Gasteiger partial charge is 0.323 e. The maximum atomic E-state index is 13.0. The van der Waals surface area contributed by atoms with E-state index in [0.29, 0.717) is 23.3 Å². The molecule has 0 aliphatic carbocycles. The summed E-state index contributed by atoms with van der Waals surface area (Å²) in [6, 6.07) is 15.4. The van der Waals surface area contributed by atoms with E-state index in [2.05, 4.69) is 16.0 Å². The van der Waals surface area contributed by atoms with Gasteiger partial charge in [-0.15, -0.1) is 12.4 Å². The molecule has 2 aliphatic heterocycles. The molecule has 2 aromatic rings. The number of likely N-dealkylation sites (tertiary alicyclic amines) is 1. The standard InChI is InChI=1S/C22H26N4O2.ClH/c1-15-7-8-16(21(27)26-12-11-18-9-10-19(14-26)23-18)13-20(15)25-22(28)24-17-5-3-2-4-6-17;/h2-8,13,18-19,23H,9-12,14H2,1H3,(H2,24,25,28);1H. The van der Waals surface area contributed by atoms with Gasteiger partial charge in [0.2, 0.25) is 0 Å². The first-order valence-electron chi connectivity index (χ1n) is 9.87. The van der Waals surface area contributed by atoms with Crippen LogP contribution in [0.3, 0.4) is 0 Å². The van der Waals surface area contributed by atoms with Crippen molar-refractivity contribution in [1.82, 2.24) is 10.2 Å². The molecular weight excluding hydrogens is 388 g/mol. The highest BCUT2D eigenvalue weighted by atomic mass is 35.5. The zero-order valence-corrected chi connectivity index (χ0v) is 17.3. The molecule has 29 heavy (non-hydrogen) atoms. The molecular formula is C22H27ClN4O2. The molecule has 0 spiro atoms. The van der Waals surface area contributed by atoms with Gasteiger partial charge in [-0.1, -0.05) is 24.3 Å². The summed E-state index contributed by atoms with van der Waals surface area (Å²) in [5, 5.41) is 9.27. The molecule has 0 saturated carbocycles. The Balaban J connectivity index is 0.00000240. The second-order valence-corrected chi connectivity index (χ2v) is 7.65. The van der Waals surface area contributed by atoms with Gasteiger partial charge >= 0.3 is 6.03 Å². The number of para-hydroxylation sites is 1. The van der Waals surface area contributed by atoms with Crippen molar-refractivity contribution in [3.05, 3.63) is 59.7 Å². The highest BCUT2D eigenvalue weighted by Crippen LogP contribution is 2.23. The van der Waals surface area contributed by atoms with Gasteiger partial charge in [0, 0.05) is 42.1 Å². The Morgan fingerprint density at radius 3 is 2.55 bits per heavy atom. The summed E-state index contributed by atoms with van der Waals surface area (Å²) < 4.78 is 0. The van der Waals surface area contributed by atoms with Crippen molar-refractivity contribution in [3.8, 4) is 0 Å². The molecule has 0 radical (unpaired) electrons. The van der Waals surface area contributed by atoms with Crippen LogP contribution in [0.2, 0.25) is 0 Å². The molecule has 2 aliphatic rings. The number of nitrogens with one attached hydrogen (secondary N) is 3. The van der Waals surface area contributed by atoms with E-state index in [-0.39, 0.29) is 24.3 Å². The molecule has 2 unspecified atom stereocenters. The normalized spacial score (nSPS) is 20.4. The third-order valence-electron chi connectivity index (χ3n) is 5.57. The Kier molecular flexibility index (Phi) is 6.77. The number of hydrogen-bond acceptors (Lipinski definition) is 3. The number of benzene rings is 2. The molecule has 3 N–H and O–H groups in total. The topological polar surface area (TPSA) is 73.5 Å². The predicted molar refractivity (Wildman–Crippen MR) is 118 cm³/mol. The average molecular weight is 415 g/mol. The fourth-order valence-electron chi connectivity index (χ4n) is 4.01. The van der Waals surface area contributed by atoms with Crippen molar-refractivity contribution in [2.24, 2.45) is 0 Å². The van der Waals surface area contributed by atoms with Crippen LogP contribution >= 0.6 is 12.4 Å². The fourth-order valence-corrected chi connectivity index (χ4v) is 4.01. The van der Waals surface area contributed by atoms with E-state index in [0.717, 1.165) is 37.2 Å². The molecule has 0 aromatic heterocycles. The Bertz CT molecular complexity index is 874. The number of fused-ring (bicyclic) bond motifs is 2. The number of anilines is 2. The molecule has 2 aromatic carbocycles. The van der Waals surface area contributed by atoms with Gasteiger partial charge in [0.15, 0.2) is 0 Å². The van der Waals surface area contributed by atoms with Gasteiger partial charge in [-0.3, -0.25) is 4.79 Å². The van der Waals surface area contributed by atoms with Crippen molar-refractivity contribution < 1.29 is 9.59 Å². The van der Waals surface area contributed by atoms with Crippen molar-refractivity contribution in [2.45, 2.75) is 38.3 Å². The minimum atomic E-state index is -0.324. The van der Waals surface area contributed by atoms with Gasteiger partial charge in [0.25, 0.3) is 5.91 Å². The van der Waals surface area contributed by atoms with E-state index in [1.807, 2.05) is 54.3 Å². The largest absolute Gasteiger partial charge is 0.337 e. The summed E-state index contributed by atoms with van der Waals surface area (Å²) in [6.45, 7) is 3.44. The number of carbonyl (C=O) groups excluding carboxylic acids is 2. The third-order valence-corrected chi connectivity index (χ3v) is 5.57. The molecule has 7 heteroatoms. The van der Waals surface area contributed by atoms with Crippen LogP contribution in [0.5, 0.6) is 0 Å². The second kappa shape index (κ2) is 9.29. The van der Waals surface area contributed by atoms with Crippen LogP contribution in [-0.2, 0) is 0 Å². The Hall–Kier alpha value is -2.57. The number of hydrogen-bond donors (Lipinski definition) is 3. The molecule has 6 nitrogen and oxygen atoms in total. The monoisotopic (exact) mass is 414 g/mol. The fraction of sp³-hybridized carbons (Fsp3) is 0.364. The third kappa shape index (κ3) is 5.08. The van der Waals surface area contributed by atoms with E-state index in [1.54, 1.807) is 6.07 Å². The number of urea groups is 1. The van der Waals surface area contributed by atoms with Gasteiger partial charge in [-0.25, -0.2) is 4.79 Å². The lowest BCUT2D eigenvalue weighted by molar-refractivity contribution is 0.0748. The van der Waals surface area contributed by atoms with Crippen LogP contribution in [0.25, 0.3) is 0 Å². The van der Waals surface area contributed by atoms with Gasteiger partial charge in [0.1, 0.15) is 0 Å². The molecule has 2 saturated heterocycles. The number of aryl methyl sites for hydroxylation is 1. The maximum absolute atomic E-state index is 13.0. The van der Waals surface area contributed by atoms with Crippen molar-refractivity contribution >= 4 is 35.7 Å². The molecule has 2 fully saturated rings. The van der Waals surface area contributed by atoms with E-state index < -0.39 is 0 Å². The van der Waals surface area contributed by atoms with Crippen molar-refractivity contribution in [3.63, 3.8) is 0 Å². The van der Waals surface area contributed by atoms with E-state index in [1.165, 1.54) is 6.42 Å². The molecule has 2 atom stereocenters. The van der Waals surface area contributed by atoms with Crippen LogP contribution in [0, 0.1) is 6.92 Å². The number of rotatable bonds is 3. The maximum Gasteiger partial charge on any atom is 0.323 e. The number of carbonyl (C=O) groups is 2. The summed E-state index contributed by atoms with van der Waals surface area (Å²) in [4.78, 5) is 27.3. The first-order chi connectivity index (χ1) is 13.6. The zero-order valence-electron chi connectivity index (χ0n) is 16.5. The summed E-state index contributed by atoms with van der Waals surface area (Å²) in [5.41, 5.74) is 2.89. The van der Waals surface area contributed by atoms with Gasteiger partial charge < -0.3 is 20.9 Å². The highest BCUT2D eigenvalue weighted by Gasteiger charge is 2.31. The number of halogens is 1. The lowest BCUT2D eigenvalue weighted by Gasteiger charge is -2.24. The quantitative estimate of drug-likeness (QED) is 0.710. The lowest BCUT2D eigenvalue weighted by atomic mass is 10.1. The SMILES string of the molecule is Cc1ccc(C(=O)N2CCC3CCC(C2)N3)cc1NC(=O)Nc1ccccc1.Cl. The molecule has 2 heterocycles. The van der Waals surface area contributed by atoms with Crippen LogP contribution in [-0.4, -0.2) is 42.0 Å². The number of nitrogens with zero attached hydrogens (tertiary/aromatic N) is 1. The lowest BCUT2D eigenvalue weighted by Crippen LogP contribution is -2.39. The van der Waals surface area contributed by atoms with Gasteiger partial charge in [-0.2, -0.15) is 0 Å². The number of amides is 3. The van der Waals surface area contributed by atoms with Crippen LogP contribution in [0.4, 0.5) is 16.2 Å². The van der Waals surface area contributed by atoms with E-state index in [9.17, 15) is 9.59 Å². The van der Waals surface area contributed by atoms with Crippen molar-refractivity contribution in [2.75, 3.05) is 23.7 Å². The van der Waals surface area contributed by atoms with E-state index >= 15 is 0 Å². The molecule has 2 bridgehead atoms. The van der Waals surface area contributed by atoms with E-state index in [4.69, 9.17) is 0 Å². The Labute approximate surface area is 177 Å². The van der Waals surface area contributed by atoms with Gasteiger partial charge in [0.05, 0.1) is 0 Å². The zero-order chi connectivity index (χ0) is 19.5. The highest BCUT2D eigenvalue weighted by molar-refractivity contribution is 6.02. The average Bonchev–Trinajstić information content (AvgIpc) is 3.02. The Morgan fingerprint density at radius 2 is 1.76 bits per heavy atom. The molecule has 154 valence electrons. The van der Waals surface area contributed by atoms with Gasteiger partial charge in [-0.05, 0) is 56.0 Å². The first-order valence-corrected chi connectivity index (χ1v) is 9.87. The second-order valence-electron chi connectivity index (χ2n) is 7.65. The summed E-state index contributed by atoms with van der Waals surface area (Å²) in [7, 11) is 0. The molecule has 4 rings (SSSR count). The minimum absolute atomic E-state index is 0. The Morgan fingerprint density at radius 1 is 1.00 bits per heavy atom. The van der Waals surface area contributed by atoms with Crippen molar-refractivity contribution in [1.29, 1.82) is 0 Å².